The zero-order valence-corrected chi connectivity index (χ0v) is 52.6. The number of esters is 3. The van der Waals surface area contributed by atoms with Crippen molar-refractivity contribution in [3.05, 3.63) is 109 Å². The second kappa shape index (κ2) is 67.6. The predicted molar refractivity (Wildman–Crippen MR) is 348 cm³/mol. The number of unbranched alkanes of at least 4 members (excludes halogenated alkanes) is 32. The summed E-state index contributed by atoms with van der Waals surface area (Å²) in [5.41, 5.74) is 0. The molecule has 0 bridgehead atoms. The Morgan fingerprint density at radius 1 is 0.263 bits per heavy atom. The third kappa shape index (κ3) is 64.9. The van der Waals surface area contributed by atoms with Crippen LogP contribution in [-0.4, -0.2) is 37.2 Å². The zero-order chi connectivity index (χ0) is 57.8. The third-order valence-electron chi connectivity index (χ3n) is 14.5. The van der Waals surface area contributed by atoms with Crippen LogP contribution >= 0.6 is 0 Å². The SMILES string of the molecule is CC/C=C\C/C=C\C/C=C\C/C=C\C/C=C\C/C=C\CCCCC(=O)OC(COC(=O)CCCCC/C=C\C/C=C\C/C=C\CC)COC(=O)CCCCCCCCCCCCCCCCCCCCCCCCCCCCCC. The van der Waals surface area contributed by atoms with E-state index in [-0.39, 0.29) is 37.5 Å². The maximum absolute atomic E-state index is 12.9. The molecule has 80 heavy (non-hydrogen) atoms. The first-order valence-electron chi connectivity index (χ1n) is 33.9. The van der Waals surface area contributed by atoms with Crippen molar-refractivity contribution in [1.82, 2.24) is 0 Å². The molecule has 0 amide bonds. The lowest BCUT2D eigenvalue weighted by molar-refractivity contribution is -0.167. The highest BCUT2D eigenvalue weighted by Gasteiger charge is 2.19. The highest BCUT2D eigenvalue weighted by atomic mass is 16.6. The minimum atomic E-state index is -0.815. The van der Waals surface area contributed by atoms with Crippen LogP contribution in [0.25, 0.3) is 0 Å². The Bertz CT molecular complexity index is 1610. The van der Waals surface area contributed by atoms with Crippen LogP contribution in [0.5, 0.6) is 0 Å². The molecule has 0 saturated carbocycles. The molecule has 1 atom stereocenters. The van der Waals surface area contributed by atoms with Gasteiger partial charge < -0.3 is 14.2 Å². The van der Waals surface area contributed by atoms with E-state index in [9.17, 15) is 14.4 Å². The number of hydrogen-bond acceptors (Lipinski definition) is 6. The van der Waals surface area contributed by atoms with Gasteiger partial charge >= 0.3 is 17.9 Å². The molecule has 0 aromatic heterocycles. The Balaban J connectivity index is 4.32. The molecule has 0 heterocycles. The Kier molecular flexibility index (Phi) is 64.3. The van der Waals surface area contributed by atoms with E-state index in [1.54, 1.807) is 0 Å². The summed E-state index contributed by atoms with van der Waals surface area (Å²) in [6, 6.07) is 0. The standard InChI is InChI=1S/C74H126O6/c1-4-7-10-13-16-19-22-25-27-29-31-33-34-35-36-37-38-39-41-42-44-46-49-52-55-58-61-64-67-73(76)79-70-71(69-78-72(75)66-63-60-57-54-51-48-24-21-18-15-12-9-6-3)80-74(77)68-65-62-59-56-53-50-47-45-43-40-32-30-28-26-23-20-17-14-11-8-5-2/h8-9,11-12,17-18,20-21,26,28,32,40,45,47-48,51,53,56,71H,4-7,10,13-16,19,22-25,27,29-31,33-39,41-44,46,49-50,52,54-55,57-70H2,1-3H3/b11-8-,12-9-,20-17-,21-18-,28-26-,40-32-,47-45-,51-48-,56-53-. The first-order valence-corrected chi connectivity index (χ1v) is 33.9. The van der Waals surface area contributed by atoms with Crippen LogP contribution in [0.3, 0.4) is 0 Å². The van der Waals surface area contributed by atoms with Crippen molar-refractivity contribution < 1.29 is 28.6 Å². The van der Waals surface area contributed by atoms with E-state index in [0.717, 1.165) is 116 Å². The van der Waals surface area contributed by atoms with Crippen molar-refractivity contribution in [2.75, 3.05) is 13.2 Å². The largest absolute Gasteiger partial charge is 0.462 e. The summed E-state index contributed by atoms with van der Waals surface area (Å²) in [6.45, 7) is 6.38. The van der Waals surface area contributed by atoms with E-state index in [1.165, 1.54) is 161 Å². The van der Waals surface area contributed by atoms with Crippen LogP contribution in [0.15, 0.2) is 109 Å². The molecule has 1 unspecified atom stereocenters. The maximum Gasteiger partial charge on any atom is 0.306 e. The fourth-order valence-corrected chi connectivity index (χ4v) is 9.52. The molecule has 0 saturated heterocycles. The first kappa shape index (κ1) is 76.1. The number of rotatable bonds is 61. The van der Waals surface area contributed by atoms with Crippen LogP contribution in [0.1, 0.15) is 323 Å². The van der Waals surface area contributed by atoms with Crippen molar-refractivity contribution >= 4 is 17.9 Å². The van der Waals surface area contributed by atoms with Crippen molar-refractivity contribution in [3.8, 4) is 0 Å². The van der Waals surface area contributed by atoms with Crippen molar-refractivity contribution in [3.63, 3.8) is 0 Å². The van der Waals surface area contributed by atoms with E-state index < -0.39 is 6.10 Å². The second-order valence-electron chi connectivity index (χ2n) is 22.3. The van der Waals surface area contributed by atoms with Gasteiger partial charge in [-0.3, -0.25) is 14.4 Å². The van der Waals surface area contributed by atoms with Gasteiger partial charge in [-0.25, -0.2) is 0 Å². The first-order chi connectivity index (χ1) is 39.5. The van der Waals surface area contributed by atoms with Gasteiger partial charge in [-0.2, -0.15) is 0 Å². The summed E-state index contributed by atoms with van der Waals surface area (Å²) < 4.78 is 16.9. The number of carbonyl (C=O) groups is 3. The van der Waals surface area contributed by atoms with Gasteiger partial charge in [-0.05, 0) is 103 Å². The van der Waals surface area contributed by atoms with E-state index >= 15 is 0 Å². The Morgan fingerprint density at radius 3 is 0.787 bits per heavy atom. The van der Waals surface area contributed by atoms with E-state index in [4.69, 9.17) is 14.2 Å². The van der Waals surface area contributed by atoms with Gasteiger partial charge in [0.1, 0.15) is 13.2 Å². The Hall–Kier alpha value is -3.93. The molecule has 0 aromatic rings. The van der Waals surface area contributed by atoms with Gasteiger partial charge in [-0.15, -0.1) is 0 Å². The number of carbonyl (C=O) groups excluding carboxylic acids is 3. The maximum atomic E-state index is 12.9. The fourth-order valence-electron chi connectivity index (χ4n) is 9.52. The molecule has 0 aliphatic rings. The van der Waals surface area contributed by atoms with Gasteiger partial charge in [0.05, 0.1) is 0 Å². The average molecular weight is 1110 g/mol. The molecule has 0 rings (SSSR count). The molecule has 6 nitrogen and oxygen atoms in total. The second-order valence-corrected chi connectivity index (χ2v) is 22.3. The number of ether oxygens (including phenoxy) is 3. The lowest BCUT2D eigenvalue weighted by atomic mass is 10.0. The van der Waals surface area contributed by atoms with Gasteiger partial charge in [-0.1, -0.05) is 310 Å². The van der Waals surface area contributed by atoms with Crippen molar-refractivity contribution in [1.29, 1.82) is 0 Å². The monoisotopic (exact) mass is 1110 g/mol. The summed E-state index contributed by atoms with van der Waals surface area (Å²) in [7, 11) is 0. The van der Waals surface area contributed by atoms with Crippen LogP contribution in [0.2, 0.25) is 0 Å². The summed E-state index contributed by atoms with van der Waals surface area (Å²) in [5, 5.41) is 0. The molecule has 0 aromatic carbocycles. The molecule has 458 valence electrons. The minimum absolute atomic E-state index is 0.104. The summed E-state index contributed by atoms with van der Waals surface area (Å²) in [4.78, 5) is 38.3. The minimum Gasteiger partial charge on any atom is -0.462 e. The molecule has 0 N–H and O–H groups in total. The van der Waals surface area contributed by atoms with Gasteiger partial charge in [0.2, 0.25) is 0 Å². The fraction of sp³-hybridized carbons (Fsp3) is 0.716. The lowest BCUT2D eigenvalue weighted by Gasteiger charge is -2.18. The van der Waals surface area contributed by atoms with Gasteiger partial charge in [0.25, 0.3) is 0 Å². The van der Waals surface area contributed by atoms with Crippen molar-refractivity contribution in [2.45, 2.75) is 329 Å². The summed E-state index contributed by atoms with van der Waals surface area (Å²) in [5.74, 6) is -0.970. The van der Waals surface area contributed by atoms with Crippen LogP contribution in [0, 0.1) is 0 Å². The Labute approximate surface area is 495 Å². The summed E-state index contributed by atoms with van der Waals surface area (Å²) >= 11 is 0. The lowest BCUT2D eigenvalue weighted by Crippen LogP contribution is -2.30. The molecule has 0 aliphatic heterocycles. The molecule has 0 aliphatic carbocycles. The van der Waals surface area contributed by atoms with Crippen LogP contribution < -0.4 is 0 Å². The van der Waals surface area contributed by atoms with E-state index in [1.807, 2.05) is 0 Å². The highest BCUT2D eigenvalue weighted by molar-refractivity contribution is 5.71. The Morgan fingerprint density at radius 2 is 0.487 bits per heavy atom. The molecule has 0 radical (unpaired) electrons. The van der Waals surface area contributed by atoms with Gasteiger partial charge in [0, 0.05) is 19.3 Å². The number of hydrogen-bond donors (Lipinski definition) is 0. The average Bonchev–Trinajstić information content (AvgIpc) is 3.46. The smallest absolute Gasteiger partial charge is 0.306 e. The highest BCUT2D eigenvalue weighted by Crippen LogP contribution is 2.17. The van der Waals surface area contributed by atoms with Gasteiger partial charge in [0.15, 0.2) is 6.10 Å². The van der Waals surface area contributed by atoms with E-state index in [0.29, 0.717) is 19.3 Å². The van der Waals surface area contributed by atoms with Crippen LogP contribution in [0.4, 0.5) is 0 Å². The quantitative estimate of drug-likeness (QED) is 0.0261. The van der Waals surface area contributed by atoms with Crippen LogP contribution in [-0.2, 0) is 28.6 Å². The molecular formula is C74H126O6. The zero-order valence-electron chi connectivity index (χ0n) is 52.6. The van der Waals surface area contributed by atoms with E-state index in [2.05, 4.69) is 130 Å². The van der Waals surface area contributed by atoms with Crippen molar-refractivity contribution in [2.24, 2.45) is 0 Å². The molecular weight excluding hydrogens is 985 g/mol. The normalized spacial score (nSPS) is 12.8. The molecule has 6 heteroatoms. The topological polar surface area (TPSA) is 78.9 Å². The summed E-state index contributed by atoms with van der Waals surface area (Å²) in [6.07, 6.45) is 92.7. The number of allylic oxidation sites excluding steroid dienone is 18. The predicted octanol–water partition coefficient (Wildman–Crippen LogP) is 23.4. The third-order valence-corrected chi connectivity index (χ3v) is 14.5. The molecule has 0 spiro atoms. The molecule has 0 fully saturated rings.